The third kappa shape index (κ3) is 7.70. The van der Waals surface area contributed by atoms with Gasteiger partial charge in [-0.1, -0.05) is 25.1 Å². The summed E-state index contributed by atoms with van der Waals surface area (Å²) in [6, 6.07) is 6.80. The minimum Gasteiger partial charge on any atom is -0.352 e. The summed E-state index contributed by atoms with van der Waals surface area (Å²) >= 11 is 0. The molecule has 1 heterocycles. The average Bonchev–Trinajstić information content (AvgIpc) is 2.59. The quantitative estimate of drug-likeness (QED) is 0.619. The second-order valence-electron chi connectivity index (χ2n) is 8.53. The normalized spacial score (nSPS) is 18.8. The van der Waals surface area contributed by atoms with Crippen LogP contribution in [0, 0.1) is 11.8 Å². The number of piperidine rings is 1. The summed E-state index contributed by atoms with van der Waals surface area (Å²) in [7, 11) is -3.65. The maximum Gasteiger partial charge on any atom is 0.241 e. The highest BCUT2D eigenvalue weighted by Crippen LogP contribution is 2.23. The number of amides is 1. The van der Waals surface area contributed by atoms with E-state index in [1.54, 1.807) is 45.0 Å². The predicted molar refractivity (Wildman–Crippen MR) is 115 cm³/mol. The Bertz CT molecular complexity index is 741. The Morgan fingerprint density at radius 3 is 2.57 bits per heavy atom. The molecule has 0 saturated carbocycles. The Labute approximate surface area is 175 Å². The van der Waals surface area contributed by atoms with Gasteiger partial charge in [-0.3, -0.25) is 4.79 Å². The minimum atomic E-state index is -3.65. The first-order valence-electron chi connectivity index (χ1n) is 9.68. The fourth-order valence-electron chi connectivity index (χ4n) is 3.46. The Balaban J connectivity index is 0.00000392. The van der Waals surface area contributed by atoms with Gasteiger partial charge in [0.25, 0.3) is 0 Å². The van der Waals surface area contributed by atoms with Gasteiger partial charge in [-0.05, 0) is 70.2 Å². The highest BCUT2D eigenvalue weighted by molar-refractivity contribution is 7.89. The number of sulfonamides is 1. The largest absolute Gasteiger partial charge is 0.352 e. The number of halogens is 1. The van der Waals surface area contributed by atoms with Crippen LogP contribution in [0.1, 0.15) is 52.5 Å². The van der Waals surface area contributed by atoms with E-state index in [1.807, 2.05) is 0 Å². The van der Waals surface area contributed by atoms with E-state index in [0.29, 0.717) is 23.8 Å². The molecule has 8 heteroatoms. The van der Waals surface area contributed by atoms with Crippen molar-refractivity contribution in [3.05, 3.63) is 29.8 Å². The molecule has 2 atom stereocenters. The maximum absolute atomic E-state index is 12.7. The van der Waals surface area contributed by atoms with Crippen LogP contribution in [-0.2, 0) is 21.4 Å². The number of hydrogen-bond acceptors (Lipinski definition) is 4. The van der Waals surface area contributed by atoms with Gasteiger partial charge < -0.3 is 10.6 Å². The topological polar surface area (TPSA) is 87.3 Å². The molecule has 0 bridgehead atoms. The van der Waals surface area contributed by atoms with E-state index in [9.17, 15) is 13.2 Å². The average molecular weight is 432 g/mol. The predicted octanol–water partition coefficient (Wildman–Crippen LogP) is 2.83. The lowest BCUT2D eigenvalue weighted by molar-refractivity contribution is -0.122. The lowest BCUT2D eigenvalue weighted by atomic mass is 9.85. The molecule has 0 aromatic heterocycles. The van der Waals surface area contributed by atoms with Gasteiger partial charge in [-0.15, -0.1) is 12.4 Å². The highest BCUT2D eigenvalue weighted by atomic mass is 35.5. The Morgan fingerprint density at radius 1 is 1.29 bits per heavy atom. The van der Waals surface area contributed by atoms with Crippen molar-refractivity contribution < 1.29 is 13.2 Å². The van der Waals surface area contributed by atoms with Gasteiger partial charge in [0.2, 0.25) is 15.9 Å². The third-order valence-corrected chi connectivity index (χ3v) is 6.68. The summed E-state index contributed by atoms with van der Waals surface area (Å²) in [5, 5.41) is 6.28. The molecule has 1 aliphatic heterocycles. The molecule has 1 aromatic carbocycles. The van der Waals surface area contributed by atoms with E-state index in [4.69, 9.17) is 0 Å². The van der Waals surface area contributed by atoms with Gasteiger partial charge in [-0.2, -0.15) is 0 Å². The first kappa shape index (κ1) is 24.9. The van der Waals surface area contributed by atoms with Crippen molar-refractivity contribution in [3.63, 3.8) is 0 Å². The van der Waals surface area contributed by atoms with Crippen LogP contribution in [0.15, 0.2) is 29.2 Å². The number of nitrogens with one attached hydrogen (secondary N) is 3. The van der Waals surface area contributed by atoms with E-state index in [0.717, 1.165) is 25.9 Å². The van der Waals surface area contributed by atoms with E-state index < -0.39 is 15.6 Å². The highest BCUT2D eigenvalue weighted by Gasteiger charge is 2.25. The molecule has 0 radical (unpaired) electrons. The summed E-state index contributed by atoms with van der Waals surface area (Å²) in [6.07, 6.45) is 2.77. The van der Waals surface area contributed by atoms with E-state index in [-0.39, 0.29) is 29.8 Å². The van der Waals surface area contributed by atoms with Crippen molar-refractivity contribution in [1.29, 1.82) is 0 Å². The van der Waals surface area contributed by atoms with Crippen LogP contribution < -0.4 is 15.4 Å². The molecule has 3 N–H and O–H groups in total. The molecule has 1 aromatic rings. The summed E-state index contributed by atoms with van der Waals surface area (Å²) in [5.74, 6) is 0.788. The Morgan fingerprint density at radius 2 is 1.96 bits per heavy atom. The van der Waals surface area contributed by atoms with Crippen LogP contribution in [0.4, 0.5) is 0 Å². The van der Waals surface area contributed by atoms with Crippen LogP contribution in [0.5, 0.6) is 0 Å². The van der Waals surface area contributed by atoms with Gasteiger partial charge in [0.15, 0.2) is 0 Å². The molecular weight excluding hydrogens is 398 g/mol. The van der Waals surface area contributed by atoms with Crippen molar-refractivity contribution in [2.24, 2.45) is 11.8 Å². The maximum atomic E-state index is 12.7. The van der Waals surface area contributed by atoms with Gasteiger partial charge in [0.1, 0.15) is 0 Å². The summed E-state index contributed by atoms with van der Waals surface area (Å²) < 4.78 is 28.0. The molecule has 1 saturated heterocycles. The summed E-state index contributed by atoms with van der Waals surface area (Å²) in [6.45, 7) is 9.75. The van der Waals surface area contributed by atoms with Gasteiger partial charge in [-0.25, -0.2) is 13.1 Å². The first-order chi connectivity index (χ1) is 12.6. The van der Waals surface area contributed by atoms with Crippen molar-refractivity contribution in [2.45, 2.75) is 63.9 Å². The first-order valence-corrected chi connectivity index (χ1v) is 11.2. The minimum absolute atomic E-state index is 0. The molecule has 0 aliphatic carbocycles. The zero-order chi connectivity index (χ0) is 20.1. The van der Waals surface area contributed by atoms with E-state index in [2.05, 4.69) is 22.3 Å². The number of hydrogen-bond donors (Lipinski definition) is 3. The SMILES string of the molecule is CC(CC(=O)NCc1ccccc1S(=O)(=O)NC(C)(C)C)C1CCCNC1.Cl. The van der Waals surface area contributed by atoms with Crippen LogP contribution in [0.25, 0.3) is 0 Å². The zero-order valence-electron chi connectivity index (χ0n) is 17.2. The molecular formula is C20H34ClN3O3S. The number of benzene rings is 1. The molecule has 2 rings (SSSR count). The van der Waals surface area contributed by atoms with Gasteiger partial charge in [0, 0.05) is 18.5 Å². The molecule has 160 valence electrons. The third-order valence-electron chi connectivity index (χ3n) is 4.83. The Kier molecular flexibility index (Phi) is 9.40. The van der Waals surface area contributed by atoms with Gasteiger partial charge >= 0.3 is 0 Å². The smallest absolute Gasteiger partial charge is 0.241 e. The molecule has 6 nitrogen and oxygen atoms in total. The molecule has 2 unspecified atom stereocenters. The fraction of sp³-hybridized carbons (Fsp3) is 0.650. The van der Waals surface area contributed by atoms with Crippen LogP contribution >= 0.6 is 12.4 Å². The van der Waals surface area contributed by atoms with Crippen molar-refractivity contribution in [1.82, 2.24) is 15.4 Å². The van der Waals surface area contributed by atoms with Crippen molar-refractivity contribution in [2.75, 3.05) is 13.1 Å². The molecule has 1 aliphatic rings. The molecule has 1 amide bonds. The van der Waals surface area contributed by atoms with Crippen LogP contribution in [0.2, 0.25) is 0 Å². The van der Waals surface area contributed by atoms with Crippen molar-refractivity contribution >= 4 is 28.3 Å². The van der Waals surface area contributed by atoms with E-state index in [1.165, 1.54) is 0 Å². The summed E-state index contributed by atoms with van der Waals surface area (Å²) in [5.41, 5.74) is 0.0214. The lowest BCUT2D eigenvalue weighted by Gasteiger charge is -2.28. The zero-order valence-corrected chi connectivity index (χ0v) is 18.9. The molecule has 0 spiro atoms. The number of carbonyl (C=O) groups excluding carboxylic acids is 1. The summed E-state index contributed by atoms with van der Waals surface area (Å²) in [4.78, 5) is 12.6. The standard InChI is InChI=1S/C20H33N3O3S.ClH/c1-15(16-9-7-11-21-13-16)12-19(24)22-14-17-8-5-6-10-18(17)27(25,26)23-20(2,3)4;/h5-6,8,10,15-16,21,23H,7,9,11-14H2,1-4H3,(H,22,24);1H. The number of carbonyl (C=O) groups is 1. The second kappa shape index (κ2) is 10.6. The van der Waals surface area contributed by atoms with Crippen LogP contribution in [0.3, 0.4) is 0 Å². The van der Waals surface area contributed by atoms with Crippen LogP contribution in [-0.4, -0.2) is 33.0 Å². The fourth-order valence-corrected chi connectivity index (χ4v) is 5.12. The second-order valence-corrected chi connectivity index (χ2v) is 10.2. The van der Waals surface area contributed by atoms with E-state index >= 15 is 0 Å². The lowest BCUT2D eigenvalue weighted by Crippen LogP contribution is -2.41. The van der Waals surface area contributed by atoms with Gasteiger partial charge in [0.05, 0.1) is 4.90 Å². The molecule has 1 fully saturated rings. The monoisotopic (exact) mass is 431 g/mol. The molecule has 28 heavy (non-hydrogen) atoms. The van der Waals surface area contributed by atoms with Crippen molar-refractivity contribution in [3.8, 4) is 0 Å². The number of rotatable bonds is 7. The Hall–Kier alpha value is -1.15.